The molecule has 1 aliphatic heterocycles. The number of likely N-dealkylation sites (tertiary alicyclic amines) is 1. The van der Waals surface area contributed by atoms with Crippen LogP contribution in [0.5, 0.6) is 0 Å². The number of carbonyl (C=O) groups excluding carboxylic acids is 1. The van der Waals surface area contributed by atoms with Gasteiger partial charge >= 0.3 is 5.92 Å². The number of aromatic nitrogens is 4. The molecule has 0 aromatic carbocycles. The first kappa shape index (κ1) is 14.3. The quantitative estimate of drug-likeness (QED) is 0.845. The third-order valence-electron chi connectivity index (χ3n) is 4.47. The highest BCUT2D eigenvalue weighted by atomic mass is 19.3. The van der Waals surface area contributed by atoms with Crippen molar-refractivity contribution in [3.63, 3.8) is 0 Å². The monoisotopic (exact) mass is 301 g/mol. The number of tetrazole rings is 1. The normalized spacial score (nSPS) is 25.5. The maximum Gasteiger partial charge on any atom is 0.352 e. The molecule has 1 aliphatic carbocycles. The first-order valence-electron chi connectivity index (χ1n) is 7.07. The van der Waals surface area contributed by atoms with Gasteiger partial charge in [-0.1, -0.05) is 5.21 Å². The van der Waals surface area contributed by atoms with E-state index in [-0.39, 0.29) is 31.8 Å². The predicted octanol–water partition coefficient (Wildman–Crippen LogP) is 0.456. The second kappa shape index (κ2) is 4.97. The molecule has 9 heteroatoms. The van der Waals surface area contributed by atoms with E-state index in [1.165, 1.54) is 0 Å². The second-order valence-electron chi connectivity index (χ2n) is 5.82. The minimum atomic E-state index is -3.73. The topological polar surface area (TPSA) is 95.0 Å². The Morgan fingerprint density at radius 1 is 1.43 bits per heavy atom. The Labute approximate surface area is 119 Å². The first-order valence-corrected chi connectivity index (χ1v) is 7.07. The van der Waals surface area contributed by atoms with Crippen LogP contribution in [0.3, 0.4) is 0 Å². The molecule has 1 aromatic rings. The number of nitrogens with one attached hydrogen (secondary N) is 1. The molecular formula is C12H17F2N5O2. The highest BCUT2D eigenvalue weighted by Crippen LogP contribution is 2.45. The lowest BCUT2D eigenvalue weighted by molar-refractivity contribution is -0.224. The second-order valence-corrected chi connectivity index (χ2v) is 5.82. The number of piperidine rings is 1. The van der Waals surface area contributed by atoms with E-state index in [2.05, 4.69) is 20.6 Å². The largest absolute Gasteiger partial charge is 0.383 e. The molecule has 2 fully saturated rings. The molecule has 2 aliphatic rings. The number of amides is 1. The van der Waals surface area contributed by atoms with Crippen LogP contribution < -0.4 is 0 Å². The van der Waals surface area contributed by atoms with Crippen molar-refractivity contribution in [2.24, 2.45) is 0 Å². The van der Waals surface area contributed by atoms with Crippen LogP contribution >= 0.6 is 0 Å². The molecule has 7 nitrogen and oxygen atoms in total. The van der Waals surface area contributed by atoms with Gasteiger partial charge in [0.25, 0.3) is 5.91 Å². The highest BCUT2D eigenvalue weighted by Gasteiger charge is 2.62. The minimum Gasteiger partial charge on any atom is -0.383 e. The summed E-state index contributed by atoms with van der Waals surface area (Å²) < 4.78 is 28.4. The molecule has 1 saturated carbocycles. The molecule has 1 aromatic heterocycles. The molecule has 2 heterocycles. The Kier molecular flexibility index (Phi) is 3.39. The molecule has 0 radical (unpaired) electrons. The van der Waals surface area contributed by atoms with E-state index < -0.39 is 17.4 Å². The number of aliphatic hydroxyl groups is 1. The van der Waals surface area contributed by atoms with Crippen molar-refractivity contribution in [2.45, 2.75) is 49.5 Å². The van der Waals surface area contributed by atoms with E-state index >= 15 is 0 Å². The average Bonchev–Trinajstić information content (AvgIpc) is 2.98. The van der Waals surface area contributed by atoms with Gasteiger partial charge in [-0.05, 0) is 32.1 Å². The molecule has 21 heavy (non-hydrogen) atoms. The van der Waals surface area contributed by atoms with Crippen molar-refractivity contribution < 1.29 is 18.7 Å². The summed E-state index contributed by atoms with van der Waals surface area (Å²) in [6.45, 7) is 0.392. The number of hydrogen-bond donors (Lipinski definition) is 2. The lowest BCUT2D eigenvalue weighted by Crippen LogP contribution is -2.62. The summed E-state index contributed by atoms with van der Waals surface area (Å²) in [4.78, 5) is 13.2. The Hall–Kier alpha value is -1.64. The molecule has 116 valence electrons. The summed E-state index contributed by atoms with van der Waals surface area (Å²) in [6.07, 6.45) is 1.77. The van der Waals surface area contributed by atoms with Crippen LogP contribution in [0.4, 0.5) is 8.78 Å². The number of alkyl halides is 2. The smallest absolute Gasteiger partial charge is 0.352 e. The molecule has 1 unspecified atom stereocenters. The fraction of sp³-hybridized carbons (Fsp3) is 0.833. The lowest BCUT2D eigenvalue weighted by Gasteiger charge is -2.44. The van der Waals surface area contributed by atoms with Crippen molar-refractivity contribution in [3.05, 3.63) is 5.82 Å². The van der Waals surface area contributed by atoms with Crippen LogP contribution in [0.2, 0.25) is 0 Å². The number of halogens is 2. The third-order valence-corrected chi connectivity index (χ3v) is 4.47. The van der Waals surface area contributed by atoms with E-state index in [1.807, 2.05) is 0 Å². The van der Waals surface area contributed by atoms with Gasteiger partial charge in [0.2, 0.25) is 0 Å². The summed E-state index contributed by atoms with van der Waals surface area (Å²) in [5, 5.41) is 23.3. The first-order chi connectivity index (χ1) is 9.94. The van der Waals surface area contributed by atoms with Gasteiger partial charge in [0.05, 0.1) is 0 Å². The molecule has 1 amide bonds. The standard InChI is InChI=1S/C12H17F2N5O2/c13-12(14,11(21)4-2-5-11)10(20)19-6-1-3-8(7-19)9-15-17-18-16-9/h8,21H,1-7H2,(H,15,16,17,18). The molecule has 2 N–H and O–H groups in total. The Balaban J connectivity index is 1.72. The molecule has 0 bridgehead atoms. The van der Waals surface area contributed by atoms with E-state index in [4.69, 9.17) is 0 Å². The number of rotatable bonds is 3. The van der Waals surface area contributed by atoms with E-state index in [9.17, 15) is 18.7 Å². The van der Waals surface area contributed by atoms with Crippen LogP contribution in [0.15, 0.2) is 0 Å². The van der Waals surface area contributed by atoms with Crippen molar-refractivity contribution in [3.8, 4) is 0 Å². The zero-order valence-corrected chi connectivity index (χ0v) is 11.4. The maximum atomic E-state index is 14.2. The van der Waals surface area contributed by atoms with E-state index in [0.717, 1.165) is 11.3 Å². The van der Waals surface area contributed by atoms with Gasteiger partial charge in [-0.2, -0.15) is 14.0 Å². The molecular weight excluding hydrogens is 284 g/mol. The summed E-state index contributed by atoms with van der Waals surface area (Å²) in [7, 11) is 0. The Morgan fingerprint density at radius 2 is 2.19 bits per heavy atom. The Bertz CT molecular complexity index is 518. The van der Waals surface area contributed by atoms with Gasteiger partial charge in [-0.15, -0.1) is 10.2 Å². The number of carbonyl (C=O) groups is 1. The van der Waals surface area contributed by atoms with Crippen LogP contribution in [-0.4, -0.2) is 61.2 Å². The SMILES string of the molecule is O=C(N1CCCC(c2nn[nH]n2)C1)C(F)(F)C1(O)CCC1. The van der Waals surface area contributed by atoms with Gasteiger partial charge < -0.3 is 10.0 Å². The van der Waals surface area contributed by atoms with Crippen LogP contribution in [0, 0.1) is 0 Å². The molecule has 1 atom stereocenters. The van der Waals surface area contributed by atoms with Crippen LogP contribution in [0.1, 0.15) is 43.8 Å². The van der Waals surface area contributed by atoms with Crippen LogP contribution in [0.25, 0.3) is 0 Å². The zero-order valence-electron chi connectivity index (χ0n) is 11.4. The van der Waals surface area contributed by atoms with Gasteiger partial charge in [0.15, 0.2) is 5.82 Å². The van der Waals surface area contributed by atoms with E-state index in [1.54, 1.807) is 0 Å². The number of H-pyrrole nitrogens is 1. The fourth-order valence-corrected chi connectivity index (χ4v) is 2.94. The van der Waals surface area contributed by atoms with Gasteiger partial charge in [-0.3, -0.25) is 4.79 Å². The average molecular weight is 301 g/mol. The van der Waals surface area contributed by atoms with Crippen molar-refractivity contribution >= 4 is 5.91 Å². The van der Waals surface area contributed by atoms with Gasteiger partial charge in [0, 0.05) is 19.0 Å². The number of nitrogens with zero attached hydrogens (tertiary/aromatic N) is 4. The predicted molar refractivity (Wildman–Crippen MR) is 66.5 cm³/mol. The molecule has 1 saturated heterocycles. The van der Waals surface area contributed by atoms with Crippen LogP contribution in [-0.2, 0) is 4.79 Å². The summed E-state index contributed by atoms with van der Waals surface area (Å²) in [5.74, 6) is -4.80. The zero-order chi connectivity index (χ0) is 15.1. The van der Waals surface area contributed by atoms with E-state index in [0.29, 0.717) is 18.7 Å². The summed E-state index contributed by atoms with van der Waals surface area (Å²) in [6, 6.07) is 0. The number of hydrogen-bond acceptors (Lipinski definition) is 5. The molecule has 3 rings (SSSR count). The van der Waals surface area contributed by atoms with Gasteiger partial charge in [0.1, 0.15) is 5.60 Å². The highest BCUT2D eigenvalue weighted by molar-refractivity contribution is 5.85. The maximum absolute atomic E-state index is 14.2. The van der Waals surface area contributed by atoms with Crippen molar-refractivity contribution in [2.75, 3.05) is 13.1 Å². The summed E-state index contributed by atoms with van der Waals surface area (Å²) in [5.41, 5.74) is -2.18. The van der Waals surface area contributed by atoms with Gasteiger partial charge in [-0.25, -0.2) is 0 Å². The summed E-state index contributed by atoms with van der Waals surface area (Å²) >= 11 is 0. The van der Waals surface area contributed by atoms with Crippen molar-refractivity contribution in [1.82, 2.24) is 25.5 Å². The Morgan fingerprint density at radius 3 is 2.76 bits per heavy atom. The minimum absolute atomic E-state index is 0.0339. The molecule has 0 spiro atoms. The van der Waals surface area contributed by atoms with Crippen molar-refractivity contribution in [1.29, 1.82) is 0 Å². The number of aromatic amines is 1. The fourth-order valence-electron chi connectivity index (χ4n) is 2.94. The third kappa shape index (κ3) is 2.29. The lowest BCUT2D eigenvalue weighted by atomic mass is 9.74.